The number of para-hydroxylation sites is 1. The lowest BCUT2D eigenvalue weighted by molar-refractivity contribution is -0.382. The van der Waals surface area contributed by atoms with Crippen LogP contribution in [0.1, 0.15) is 10.4 Å². The smallest absolute Gasteiger partial charge is 0.302 e. The first-order valence-electron chi connectivity index (χ1n) is 8.53. The Hall–Kier alpha value is -3.78. The van der Waals surface area contributed by atoms with E-state index in [9.17, 15) is 24.5 Å². The summed E-state index contributed by atoms with van der Waals surface area (Å²) in [6.45, 7) is 0. The van der Waals surface area contributed by atoms with Crippen molar-refractivity contribution in [3.8, 4) is 16.9 Å². The highest BCUT2D eigenvalue weighted by Crippen LogP contribution is 2.47. The maximum absolute atomic E-state index is 12.0. The van der Waals surface area contributed by atoms with Crippen molar-refractivity contribution >= 4 is 33.8 Å². The Morgan fingerprint density at radius 2 is 1.72 bits per heavy atom. The summed E-state index contributed by atoms with van der Waals surface area (Å²) in [5.74, 6) is -0.240. The minimum absolute atomic E-state index is 0.0771. The molecule has 0 bridgehead atoms. The van der Waals surface area contributed by atoms with Gasteiger partial charge in [-0.05, 0) is 16.2 Å². The minimum Gasteiger partial charge on any atom is -0.506 e. The van der Waals surface area contributed by atoms with Gasteiger partial charge >= 0.3 is 5.69 Å². The van der Waals surface area contributed by atoms with E-state index in [1.807, 2.05) is 12.1 Å². The molecule has 0 spiro atoms. The van der Waals surface area contributed by atoms with Crippen LogP contribution in [0.3, 0.4) is 0 Å². The summed E-state index contributed by atoms with van der Waals surface area (Å²) in [7, 11) is 2.67. The van der Waals surface area contributed by atoms with Gasteiger partial charge in [-0.15, -0.1) is 0 Å². The largest absolute Gasteiger partial charge is 0.506 e. The van der Waals surface area contributed by atoms with E-state index in [-0.39, 0.29) is 28.1 Å². The molecular formula is C21H17FN2O5. The fraction of sp³-hybridized carbons (Fsp3) is 0.0952. The predicted molar refractivity (Wildman–Crippen MR) is 108 cm³/mol. The molecule has 8 heteroatoms. The second-order valence-corrected chi connectivity index (χ2v) is 6.18. The highest BCUT2D eigenvalue weighted by molar-refractivity contribution is 6.19. The summed E-state index contributed by atoms with van der Waals surface area (Å²) in [4.78, 5) is 26.1. The number of phenolic OH excluding ortho intramolecular Hbond substituents is 1. The molecule has 3 aromatic carbocycles. The number of halogens is 1. The first kappa shape index (κ1) is 20.0. The van der Waals surface area contributed by atoms with E-state index in [0.717, 1.165) is 12.6 Å². The van der Waals surface area contributed by atoms with Gasteiger partial charge in [-0.1, -0.05) is 48.5 Å². The van der Waals surface area contributed by atoms with Crippen molar-refractivity contribution in [3.05, 3.63) is 70.3 Å². The lowest BCUT2D eigenvalue weighted by Crippen LogP contribution is -2.01. The fourth-order valence-electron chi connectivity index (χ4n) is 3.60. The van der Waals surface area contributed by atoms with Crippen LogP contribution >= 0.6 is 0 Å². The number of hydrogen-bond acceptors (Lipinski definition) is 5. The molecule has 0 aliphatic heterocycles. The standard InChI is InChI=1S/C20H14N2O4.CH3FO/c1-21-15-10-6-5-9-13(15)17-18(21)19(22(25)26)16(14(11-23)20(17)24)12-7-3-2-4-8-12;1-3-2/h2-11,24H,1H3;1H3. The van der Waals surface area contributed by atoms with Crippen LogP contribution in [0.15, 0.2) is 54.6 Å². The number of nitro groups is 1. The number of carbonyl (C=O) groups excluding carboxylic acids is 1. The molecule has 29 heavy (non-hydrogen) atoms. The Balaban J connectivity index is 0.000000755. The summed E-state index contributed by atoms with van der Waals surface area (Å²) in [6.07, 6.45) is 0.478. The van der Waals surface area contributed by atoms with Crippen LogP contribution in [-0.4, -0.2) is 28.0 Å². The maximum Gasteiger partial charge on any atom is 0.302 e. The molecule has 0 unspecified atom stereocenters. The van der Waals surface area contributed by atoms with Crippen LogP contribution in [0.2, 0.25) is 0 Å². The van der Waals surface area contributed by atoms with Crippen LogP contribution in [0.4, 0.5) is 10.2 Å². The summed E-state index contributed by atoms with van der Waals surface area (Å²) in [6, 6.07) is 15.8. The van der Waals surface area contributed by atoms with Crippen molar-refractivity contribution in [1.29, 1.82) is 0 Å². The summed E-state index contributed by atoms with van der Waals surface area (Å²) in [5.41, 5.74) is 1.39. The number of rotatable bonds is 3. The molecule has 0 aliphatic carbocycles. The lowest BCUT2D eigenvalue weighted by Gasteiger charge is -2.11. The number of benzene rings is 3. The monoisotopic (exact) mass is 396 g/mol. The van der Waals surface area contributed by atoms with E-state index in [0.29, 0.717) is 22.6 Å². The van der Waals surface area contributed by atoms with Crippen LogP contribution in [-0.2, 0) is 12.0 Å². The third kappa shape index (κ3) is 3.19. The first-order chi connectivity index (χ1) is 14.0. The number of aldehydes is 1. The van der Waals surface area contributed by atoms with E-state index < -0.39 is 4.92 Å². The second-order valence-electron chi connectivity index (χ2n) is 6.18. The molecule has 0 amide bonds. The van der Waals surface area contributed by atoms with Crippen molar-refractivity contribution in [2.45, 2.75) is 0 Å². The van der Waals surface area contributed by atoms with Crippen LogP contribution in [0.5, 0.6) is 5.75 Å². The number of carbonyl (C=O) groups is 1. The molecule has 1 N–H and O–H groups in total. The number of aromatic nitrogens is 1. The van der Waals surface area contributed by atoms with Crippen LogP contribution in [0, 0.1) is 10.1 Å². The molecule has 0 saturated heterocycles. The van der Waals surface area contributed by atoms with Crippen molar-refractivity contribution < 1.29 is 24.3 Å². The van der Waals surface area contributed by atoms with Crippen LogP contribution < -0.4 is 0 Å². The molecule has 0 atom stereocenters. The van der Waals surface area contributed by atoms with E-state index in [1.165, 1.54) is 0 Å². The quantitative estimate of drug-likeness (QED) is 0.301. The summed E-state index contributed by atoms with van der Waals surface area (Å²) < 4.78 is 11.5. The van der Waals surface area contributed by atoms with Crippen molar-refractivity contribution in [2.24, 2.45) is 7.05 Å². The van der Waals surface area contributed by atoms with Gasteiger partial charge < -0.3 is 9.67 Å². The van der Waals surface area contributed by atoms with Gasteiger partial charge in [0.1, 0.15) is 11.3 Å². The molecule has 0 fully saturated rings. The Bertz CT molecular complexity index is 1220. The number of nitrogens with zero attached hydrogens (tertiary/aromatic N) is 2. The van der Waals surface area contributed by atoms with Gasteiger partial charge in [0.05, 0.1) is 28.5 Å². The topological polar surface area (TPSA) is 94.6 Å². The molecule has 0 aliphatic rings. The normalized spacial score (nSPS) is 10.6. The Morgan fingerprint density at radius 1 is 1.14 bits per heavy atom. The van der Waals surface area contributed by atoms with Crippen LogP contribution in [0.25, 0.3) is 32.9 Å². The molecule has 7 nitrogen and oxygen atoms in total. The van der Waals surface area contributed by atoms with Crippen molar-refractivity contribution in [1.82, 2.24) is 4.57 Å². The fourth-order valence-corrected chi connectivity index (χ4v) is 3.60. The molecule has 4 aromatic rings. The van der Waals surface area contributed by atoms with E-state index >= 15 is 0 Å². The van der Waals surface area contributed by atoms with E-state index in [1.54, 1.807) is 54.1 Å². The maximum atomic E-state index is 12.0. The molecule has 1 aromatic heterocycles. The van der Waals surface area contributed by atoms with Gasteiger partial charge in [0.25, 0.3) is 0 Å². The first-order valence-corrected chi connectivity index (χ1v) is 8.53. The summed E-state index contributed by atoms with van der Waals surface area (Å²) in [5, 5.41) is 23.8. The highest BCUT2D eigenvalue weighted by Gasteiger charge is 2.31. The molecule has 4 rings (SSSR count). The molecule has 0 radical (unpaired) electrons. The van der Waals surface area contributed by atoms with Gasteiger partial charge in [-0.3, -0.25) is 14.9 Å². The molecule has 1 heterocycles. The predicted octanol–water partition coefficient (Wildman–Crippen LogP) is 4.94. The highest BCUT2D eigenvalue weighted by atomic mass is 19.3. The Labute approximate surface area is 164 Å². The third-order valence-corrected chi connectivity index (χ3v) is 4.69. The zero-order chi connectivity index (χ0) is 21.1. The Morgan fingerprint density at radius 3 is 2.31 bits per heavy atom. The number of phenols is 1. The van der Waals surface area contributed by atoms with Gasteiger partial charge in [0.15, 0.2) is 6.29 Å². The number of aryl methyl sites for hydroxylation is 1. The van der Waals surface area contributed by atoms with Gasteiger partial charge in [-0.25, -0.2) is 0 Å². The summed E-state index contributed by atoms with van der Waals surface area (Å²) >= 11 is 0. The zero-order valence-corrected chi connectivity index (χ0v) is 15.6. The van der Waals surface area contributed by atoms with Gasteiger partial charge in [0.2, 0.25) is 0 Å². The van der Waals surface area contributed by atoms with E-state index in [2.05, 4.69) is 4.94 Å². The van der Waals surface area contributed by atoms with Crippen molar-refractivity contribution in [2.75, 3.05) is 7.11 Å². The van der Waals surface area contributed by atoms with E-state index in [4.69, 9.17) is 0 Å². The van der Waals surface area contributed by atoms with Gasteiger partial charge in [0, 0.05) is 18.0 Å². The molecule has 148 valence electrons. The minimum atomic E-state index is -0.490. The average molecular weight is 396 g/mol. The lowest BCUT2D eigenvalue weighted by atomic mass is 9.94. The average Bonchev–Trinajstić information content (AvgIpc) is 3.02. The Kier molecular flexibility index (Phi) is 5.56. The number of hydrogen-bond donors (Lipinski definition) is 1. The van der Waals surface area contributed by atoms with Crippen molar-refractivity contribution in [3.63, 3.8) is 0 Å². The second kappa shape index (κ2) is 8.07. The number of aromatic hydroxyl groups is 1. The molecule has 0 saturated carbocycles. The van der Waals surface area contributed by atoms with Gasteiger partial charge in [-0.2, -0.15) is 4.94 Å². The number of fused-ring (bicyclic) bond motifs is 3. The third-order valence-electron chi connectivity index (χ3n) is 4.69. The zero-order valence-electron chi connectivity index (χ0n) is 15.6. The number of nitro benzene ring substituents is 1. The SMILES string of the molecule is COF.Cn1c2ccccc2c2c(O)c(C=O)c(-c3ccccc3)c([N+](=O)[O-])c21. The molecular weight excluding hydrogens is 379 g/mol.